The molecule has 1 heterocycles. The van der Waals surface area contributed by atoms with Gasteiger partial charge in [-0.15, -0.1) is 11.8 Å². The number of methoxy groups -OCH3 is 1. The van der Waals surface area contributed by atoms with E-state index in [1.807, 2.05) is 0 Å². The maximum Gasteiger partial charge on any atom is 0.248 e. The highest BCUT2D eigenvalue weighted by atomic mass is 32.2. The zero-order chi connectivity index (χ0) is 10.0. The number of carbonyl (C=O) groups is 2. The number of carbonyl (C=O) groups excluding carboxylic acids is 2. The van der Waals surface area contributed by atoms with E-state index in [1.54, 1.807) is 0 Å². The lowest BCUT2D eigenvalue weighted by Crippen LogP contribution is -2.25. The van der Waals surface area contributed by atoms with Gasteiger partial charge in [0.1, 0.15) is 5.44 Å². The fourth-order valence-electron chi connectivity index (χ4n) is 1.12. The molecule has 0 saturated heterocycles. The summed E-state index contributed by atoms with van der Waals surface area (Å²) in [5.41, 5.74) is 10.2. The summed E-state index contributed by atoms with van der Waals surface area (Å²) in [7, 11) is 1.45. The van der Waals surface area contributed by atoms with E-state index in [4.69, 9.17) is 16.2 Å². The Bertz CT molecular complexity index is 287. The summed E-state index contributed by atoms with van der Waals surface area (Å²) < 4.78 is 4.96. The van der Waals surface area contributed by atoms with Gasteiger partial charge in [-0.05, 0) is 0 Å². The highest BCUT2D eigenvalue weighted by Gasteiger charge is 2.32. The van der Waals surface area contributed by atoms with E-state index in [1.165, 1.54) is 18.9 Å². The first-order valence-corrected chi connectivity index (χ1v) is 4.59. The van der Waals surface area contributed by atoms with Gasteiger partial charge in [0.25, 0.3) is 0 Å². The van der Waals surface area contributed by atoms with Crippen molar-refractivity contribution in [3.05, 3.63) is 11.1 Å². The van der Waals surface area contributed by atoms with Crippen molar-refractivity contribution in [2.24, 2.45) is 11.5 Å². The first-order chi connectivity index (χ1) is 6.07. The number of hydrogen-bond donors (Lipinski definition) is 2. The summed E-state index contributed by atoms with van der Waals surface area (Å²) in [4.78, 5) is 21.8. The van der Waals surface area contributed by atoms with Gasteiger partial charge in [-0.25, -0.2) is 0 Å². The van der Waals surface area contributed by atoms with E-state index < -0.39 is 17.3 Å². The van der Waals surface area contributed by atoms with E-state index in [-0.39, 0.29) is 11.1 Å². The molecular formula is C7H10N2O3S. The van der Waals surface area contributed by atoms with Crippen LogP contribution >= 0.6 is 11.8 Å². The first-order valence-electron chi connectivity index (χ1n) is 3.55. The third kappa shape index (κ3) is 1.84. The molecule has 0 aromatic heterocycles. The molecule has 5 nitrogen and oxygen atoms in total. The summed E-state index contributed by atoms with van der Waals surface area (Å²) in [5.74, 6) is -0.877. The lowest BCUT2D eigenvalue weighted by Gasteiger charge is -2.08. The molecule has 0 bridgehead atoms. The van der Waals surface area contributed by atoms with Gasteiger partial charge in [0.05, 0.1) is 5.57 Å². The molecular weight excluding hydrogens is 192 g/mol. The molecule has 0 spiro atoms. The maximum atomic E-state index is 10.9. The predicted octanol–water partition coefficient (Wildman–Crippen LogP) is -1.03. The first kappa shape index (κ1) is 10.1. The molecule has 0 fully saturated rings. The van der Waals surface area contributed by atoms with Crippen LogP contribution in [0.25, 0.3) is 0 Å². The van der Waals surface area contributed by atoms with Crippen LogP contribution in [0, 0.1) is 0 Å². The van der Waals surface area contributed by atoms with Crippen LogP contribution in [-0.2, 0) is 14.3 Å². The second-order valence-corrected chi connectivity index (χ2v) is 3.55. The SMILES string of the molecule is COC1SCC(C(N)=O)=C1C(N)=O. The van der Waals surface area contributed by atoms with E-state index in [2.05, 4.69) is 0 Å². The van der Waals surface area contributed by atoms with E-state index in [0.29, 0.717) is 5.75 Å². The Kier molecular flexibility index (Phi) is 2.94. The molecule has 0 aliphatic carbocycles. The molecule has 0 radical (unpaired) electrons. The van der Waals surface area contributed by atoms with Crippen LogP contribution < -0.4 is 11.5 Å². The van der Waals surface area contributed by atoms with Crippen molar-refractivity contribution in [2.45, 2.75) is 5.44 Å². The van der Waals surface area contributed by atoms with Gasteiger partial charge in [-0.2, -0.15) is 0 Å². The van der Waals surface area contributed by atoms with Gasteiger partial charge < -0.3 is 16.2 Å². The fraction of sp³-hybridized carbons (Fsp3) is 0.429. The lowest BCUT2D eigenvalue weighted by atomic mass is 10.1. The molecule has 1 aliphatic rings. The summed E-state index contributed by atoms with van der Waals surface area (Å²) in [6, 6.07) is 0. The molecule has 72 valence electrons. The van der Waals surface area contributed by atoms with Crippen LogP contribution in [0.15, 0.2) is 11.1 Å². The standard InChI is InChI=1S/C7H10N2O3S/c1-12-7-4(6(9)11)3(2-13-7)5(8)10/h7H,2H2,1H3,(H2,8,10)(H2,9,11). The zero-order valence-corrected chi connectivity index (χ0v) is 7.89. The molecule has 6 heteroatoms. The van der Waals surface area contributed by atoms with Crippen molar-refractivity contribution < 1.29 is 14.3 Å². The zero-order valence-electron chi connectivity index (χ0n) is 7.07. The molecule has 1 atom stereocenters. The monoisotopic (exact) mass is 202 g/mol. The smallest absolute Gasteiger partial charge is 0.248 e. The molecule has 1 aliphatic heterocycles. The lowest BCUT2D eigenvalue weighted by molar-refractivity contribution is -0.117. The Morgan fingerprint density at radius 3 is 2.46 bits per heavy atom. The topological polar surface area (TPSA) is 95.4 Å². The van der Waals surface area contributed by atoms with Crippen molar-refractivity contribution in [1.29, 1.82) is 0 Å². The van der Waals surface area contributed by atoms with Gasteiger partial charge in [0, 0.05) is 18.4 Å². The number of amides is 2. The van der Waals surface area contributed by atoms with Crippen molar-refractivity contribution >= 4 is 23.6 Å². The molecule has 1 rings (SSSR count). The molecule has 4 N–H and O–H groups in total. The van der Waals surface area contributed by atoms with Crippen LogP contribution in [0.5, 0.6) is 0 Å². The van der Waals surface area contributed by atoms with Gasteiger partial charge in [-0.3, -0.25) is 9.59 Å². The van der Waals surface area contributed by atoms with Crippen molar-refractivity contribution in [3.63, 3.8) is 0 Å². The fourth-order valence-corrected chi connectivity index (χ4v) is 2.29. The van der Waals surface area contributed by atoms with Crippen molar-refractivity contribution in [3.8, 4) is 0 Å². The Hall–Kier alpha value is -1.01. The van der Waals surface area contributed by atoms with Gasteiger partial charge in [-0.1, -0.05) is 0 Å². The largest absolute Gasteiger partial charge is 0.366 e. The van der Waals surface area contributed by atoms with Crippen molar-refractivity contribution in [1.82, 2.24) is 0 Å². The highest BCUT2D eigenvalue weighted by Crippen LogP contribution is 2.32. The van der Waals surface area contributed by atoms with Crippen LogP contribution in [0.1, 0.15) is 0 Å². The maximum absolute atomic E-state index is 10.9. The van der Waals surface area contributed by atoms with Gasteiger partial charge in [0.2, 0.25) is 11.8 Å². The molecule has 0 aromatic carbocycles. The van der Waals surface area contributed by atoms with E-state index in [0.717, 1.165) is 0 Å². The number of hydrogen-bond acceptors (Lipinski definition) is 4. The average molecular weight is 202 g/mol. The molecule has 0 aromatic rings. The second-order valence-electron chi connectivity index (χ2n) is 2.50. The summed E-state index contributed by atoms with van der Waals surface area (Å²) >= 11 is 1.32. The van der Waals surface area contributed by atoms with Crippen molar-refractivity contribution in [2.75, 3.05) is 12.9 Å². The number of thioether (sulfide) groups is 1. The third-order valence-corrected chi connectivity index (χ3v) is 2.90. The summed E-state index contributed by atoms with van der Waals surface area (Å²) in [6.07, 6.45) is 0. The molecule has 0 saturated carbocycles. The van der Waals surface area contributed by atoms with Gasteiger partial charge in [0.15, 0.2) is 0 Å². The molecule has 1 unspecified atom stereocenters. The van der Waals surface area contributed by atoms with E-state index in [9.17, 15) is 9.59 Å². The summed E-state index contributed by atoms with van der Waals surface area (Å²) in [5, 5.41) is 0. The number of nitrogens with two attached hydrogens (primary N) is 2. The van der Waals surface area contributed by atoms with Crippen LogP contribution in [0.3, 0.4) is 0 Å². The Morgan fingerprint density at radius 1 is 1.46 bits per heavy atom. The van der Waals surface area contributed by atoms with Gasteiger partial charge >= 0.3 is 0 Å². The Labute approximate surface area is 79.5 Å². The minimum Gasteiger partial charge on any atom is -0.366 e. The second kappa shape index (κ2) is 3.80. The highest BCUT2D eigenvalue weighted by molar-refractivity contribution is 8.00. The molecule has 13 heavy (non-hydrogen) atoms. The number of ether oxygens (including phenoxy) is 1. The number of rotatable bonds is 3. The Balaban J connectivity index is 3.04. The minimum atomic E-state index is -0.648. The molecule has 2 amide bonds. The number of primary amides is 2. The van der Waals surface area contributed by atoms with E-state index >= 15 is 0 Å². The minimum absolute atomic E-state index is 0.194. The van der Waals surface area contributed by atoms with Crippen LogP contribution in [-0.4, -0.2) is 30.1 Å². The quantitative estimate of drug-likeness (QED) is 0.612. The predicted molar refractivity (Wildman–Crippen MR) is 48.7 cm³/mol. The van der Waals surface area contributed by atoms with Crippen LogP contribution in [0.2, 0.25) is 0 Å². The normalized spacial score (nSPS) is 22.1. The average Bonchev–Trinajstić information content (AvgIpc) is 2.46. The summed E-state index contributed by atoms with van der Waals surface area (Å²) in [6.45, 7) is 0. The third-order valence-electron chi connectivity index (χ3n) is 1.72. The van der Waals surface area contributed by atoms with Crippen LogP contribution in [0.4, 0.5) is 0 Å². The Morgan fingerprint density at radius 2 is 2.08 bits per heavy atom.